The zero-order valence-corrected chi connectivity index (χ0v) is 17.7. The second-order valence-electron chi connectivity index (χ2n) is 8.24. The molecule has 152 valence electrons. The van der Waals surface area contributed by atoms with E-state index in [1.807, 2.05) is 18.2 Å². The largest absolute Gasteiger partial charge is 0.297 e. The first kappa shape index (κ1) is 21.2. The fourth-order valence-electron chi connectivity index (χ4n) is 4.10. The number of hydrogen-bond acceptors (Lipinski definition) is 5. The number of benzene rings is 1. The Kier molecular flexibility index (Phi) is 5.90. The summed E-state index contributed by atoms with van der Waals surface area (Å²) < 4.78 is 25.4. The molecule has 0 spiro atoms. The maximum Gasteiger partial charge on any atom is 0.166 e. The van der Waals surface area contributed by atoms with Gasteiger partial charge in [0.05, 0.1) is 27.5 Å². The SMILES string of the molecule is CC(C)(c1ccc(C#N)cc1)S(=O)(=O)CC(=O)C1(c2ccccn2)CCCCC1. The molecule has 0 N–H and O–H groups in total. The van der Waals surface area contributed by atoms with E-state index in [9.17, 15) is 13.2 Å². The van der Waals surface area contributed by atoms with Crippen LogP contribution in [0.1, 0.15) is 62.8 Å². The van der Waals surface area contributed by atoms with Gasteiger partial charge in [-0.3, -0.25) is 9.78 Å². The molecule has 1 saturated carbocycles. The molecule has 0 amide bonds. The molecule has 0 unspecified atom stereocenters. The lowest BCUT2D eigenvalue weighted by atomic mass is 9.69. The van der Waals surface area contributed by atoms with Gasteiger partial charge < -0.3 is 0 Å². The van der Waals surface area contributed by atoms with Crippen LogP contribution in [0.2, 0.25) is 0 Å². The molecular formula is C23H26N2O3S. The highest BCUT2D eigenvalue weighted by molar-refractivity contribution is 7.93. The van der Waals surface area contributed by atoms with E-state index in [0.29, 0.717) is 29.7 Å². The molecule has 29 heavy (non-hydrogen) atoms. The first-order valence-electron chi connectivity index (χ1n) is 9.91. The van der Waals surface area contributed by atoms with Crippen LogP contribution in [0.25, 0.3) is 0 Å². The molecule has 0 saturated heterocycles. The van der Waals surface area contributed by atoms with Crippen molar-refractivity contribution < 1.29 is 13.2 Å². The van der Waals surface area contributed by atoms with Crippen molar-refractivity contribution in [2.24, 2.45) is 0 Å². The van der Waals surface area contributed by atoms with Crippen LogP contribution >= 0.6 is 0 Å². The highest BCUT2D eigenvalue weighted by Crippen LogP contribution is 2.41. The standard InChI is InChI=1S/C23H26N2O3S/c1-22(2,19-11-9-18(16-24)10-12-19)29(27,28)17-21(26)23(13-5-3-6-14-23)20-8-4-7-15-25-20/h4,7-12,15H,3,5-6,13-14,17H2,1-2H3. The van der Waals surface area contributed by atoms with Crippen molar-refractivity contribution in [2.45, 2.75) is 56.1 Å². The van der Waals surface area contributed by atoms with Gasteiger partial charge in [-0.1, -0.05) is 37.5 Å². The van der Waals surface area contributed by atoms with Crippen LogP contribution in [0.3, 0.4) is 0 Å². The summed E-state index contributed by atoms with van der Waals surface area (Å²) in [5.74, 6) is -0.783. The second kappa shape index (κ2) is 8.08. The number of carbonyl (C=O) groups is 1. The van der Waals surface area contributed by atoms with Crippen LogP contribution in [0.15, 0.2) is 48.7 Å². The van der Waals surface area contributed by atoms with Gasteiger partial charge in [-0.2, -0.15) is 5.26 Å². The van der Waals surface area contributed by atoms with Crippen LogP contribution < -0.4 is 0 Å². The average Bonchev–Trinajstić information content (AvgIpc) is 2.74. The lowest BCUT2D eigenvalue weighted by Gasteiger charge is -2.36. The van der Waals surface area contributed by atoms with E-state index in [2.05, 4.69) is 4.98 Å². The fourth-order valence-corrected chi connectivity index (χ4v) is 5.57. The van der Waals surface area contributed by atoms with E-state index < -0.39 is 25.8 Å². The average molecular weight is 411 g/mol. The first-order valence-corrected chi connectivity index (χ1v) is 11.6. The van der Waals surface area contributed by atoms with Crippen molar-refractivity contribution in [2.75, 3.05) is 5.75 Å². The topological polar surface area (TPSA) is 87.9 Å². The normalized spacial score (nSPS) is 16.7. The summed E-state index contributed by atoms with van der Waals surface area (Å²) in [7, 11) is -3.79. The quantitative estimate of drug-likeness (QED) is 0.716. The number of pyridine rings is 1. The summed E-state index contributed by atoms with van der Waals surface area (Å²) in [6.45, 7) is 3.23. The number of aromatic nitrogens is 1. The molecule has 0 bridgehead atoms. The summed E-state index contributed by atoms with van der Waals surface area (Å²) >= 11 is 0. The van der Waals surface area contributed by atoms with Gasteiger partial charge >= 0.3 is 0 Å². The Hall–Kier alpha value is -2.52. The molecule has 2 aromatic rings. The van der Waals surface area contributed by atoms with Gasteiger partial charge in [0.1, 0.15) is 5.75 Å². The molecule has 0 aliphatic heterocycles. The zero-order chi connectivity index (χ0) is 21.1. The van der Waals surface area contributed by atoms with Crippen molar-refractivity contribution in [1.82, 2.24) is 4.98 Å². The van der Waals surface area contributed by atoms with Gasteiger partial charge in [-0.15, -0.1) is 0 Å². The molecule has 1 aliphatic rings. The summed E-state index contributed by atoms with van der Waals surface area (Å²) in [6, 6.07) is 14.0. The van der Waals surface area contributed by atoms with E-state index in [-0.39, 0.29) is 5.78 Å². The minimum absolute atomic E-state index is 0.266. The lowest BCUT2D eigenvalue weighted by Crippen LogP contribution is -2.45. The van der Waals surface area contributed by atoms with Gasteiger partial charge in [0.2, 0.25) is 0 Å². The second-order valence-corrected chi connectivity index (χ2v) is 10.8. The van der Waals surface area contributed by atoms with E-state index in [1.165, 1.54) is 0 Å². The van der Waals surface area contributed by atoms with Gasteiger partial charge in [0.15, 0.2) is 15.6 Å². The molecule has 1 aromatic carbocycles. The number of rotatable bonds is 6. The highest BCUT2D eigenvalue weighted by atomic mass is 32.2. The van der Waals surface area contributed by atoms with Crippen LogP contribution in [-0.4, -0.2) is 24.9 Å². The molecule has 0 atom stereocenters. The predicted molar refractivity (Wildman–Crippen MR) is 112 cm³/mol. The minimum Gasteiger partial charge on any atom is -0.297 e. The number of hydrogen-bond donors (Lipinski definition) is 0. The zero-order valence-electron chi connectivity index (χ0n) is 16.9. The van der Waals surface area contributed by atoms with Crippen molar-refractivity contribution in [3.63, 3.8) is 0 Å². The molecule has 3 rings (SSSR count). The van der Waals surface area contributed by atoms with Crippen LogP contribution in [0, 0.1) is 11.3 Å². The Morgan fingerprint density at radius 3 is 2.31 bits per heavy atom. The number of Topliss-reactive ketones (excluding diaryl/α,β-unsaturated/α-hetero) is 1. The van der Waals surface area contributed by atoms with E-state index in [0.717, 1.165) is 19.3 Å². The third kappa shape index (κ3) is 3.97. The smallest absolute Gasteiger partial charge is 0.166 e. The third-order valence-corrected chi connectivity index (χ3v) is 8.64. The molecule has 1 aromatic heterocycles. The van der Waals surface area contributed by atoms with E-state index in [1.54, 1.807) is 50.4 Å². The van der Waals surface area contributed by atoms with E-state index >= 15 is 0 Å². The number of nitrogens with zero attached hydrogens (tertiary/aromatic N) is 2. The van der Waals surface area contributed by atoms with Gasteiger partial charge in [-0.05, 0) is 56.5 Å². The summed E-state index contributed by atoms with van der Waals surface area (Å²) in [5.41, 5.74) is 0.887. The van der Waals surface area contributed by atoms with Crippen LogP contribution in [0.5, 0.6) is 0 Å². The molecular weight excluding hydrogens is 384 g/mol. The fraction of sp³-hybridized carbons (Fsp3) is 0.435. The maximum absolute atomic E-state index is 13.5. The highest BCUT2D eigenvalue weighted by Gasteiger charge is 2.46. The van der Waals surface area contributed by atoms with Crippen molar-refractivity contribution in [1.29, 1.82) is 5.26 Å². The van der Waals surface area contributed by atoms with Crippen molar-refractivity contribution in [3.8, 4) is 6.07 Å². The van der Waals surface area contributed by atoms with Gasteiger partial charge in [-0.25, -0.2) is 8.42 Å². The third-order valence-electron chi connectivity index (χ3n) is 6.20. The molecule has 5 nitrogen and oxygen atoms in total. The molecule has 1 fully saturated rings. The van der Waals surface area contributed by atoms with E-state index in [4.69, 9.17) is 5.26 Å². The Morgan fingerprint density at radius 1 is 1.10 bits per heavy atom. The number of ketones is 1. The summed E-state index contributed by atoms with van der Waals surface area (Å²) in [5, 5.41) is 8.97. The minimum atomic E-state index is -3.79. The van der Waals surface area contributed by atoms with Crippen LogP contribution in [-0.2, 0) is 24.8 Å². The monoisotopic (exact) mass is 410 g/mol. The van der Waals surface area contributed by atoms with Crippen molar-refractivity contribution in [3.05, 3.63) is 65.5 Å². The lowest BCUT2D eigenvalue weighted by molar-refractivity contribution is -0.123. The first-order chi connectivity index (χ1) is 13.7. The number of sulfone groups is 1. The Labute approximate surface area is 172 Å². The van der Waals surface area contributed by atoms with Gasteiger partial charge in [0, 0.05) is 6.20 Å². The summed E-state index contributed by atoms with van der Waals surface area (Å²) in [6.07, 6.45) is 5.76. The maximum atomic E-state index is 13.5. The molecule has 1 aliphatic carbocycles. The van der Waals surface area contributed by atoms with Gasteiger partial charge in [0.25, 0.3) is 0 Å². The number of carbonyl (C=O) groups excluding carboxylic acids is 1. The summed E-state index contributed by atoms with van der Waals surface area (Å²) in [4.78, 5) is 17.9. The molecule has 1 heterocycles. The Balaban J connectivity index is 1.93. The van der Waals surface area contributed by atoms with Crippen molar-refractivity contribution >= 4 is 15.6 Å². The van der Waals surface area contributed by atoms with Crippen LogP contribution in [0.4, 0.5) is 0 Å². The predicted octanol–water partition coefficient (Wildman–Crippen LogP) is 4.07. The Morgan fingerprint density at radius 2 is 1.76 bits per heavy atom. The molecule has 6 heteroatoms. The Bertz CT molecular complexity index is 1010. The molecule has 0 radical (unpaired) electrons. The number of nitriles is 1.